The Morgan fingerprint density at radius 3 is 1.89 bits per heavy atom. The molecule has 0 aromatic heterocycles. The van der Waals surface area contributed by atoms with E-state index in [-0.39, 0.29) is 29.7 Å². The summed E-state index contributed by atoms with van der Waals surface area (Å²) >= 11 is 0. The van der Waals surface area contributed by atoms with Crippen LogP contribution in [0.4, 0.5) is 11.4 Å². The number of nitrogens with two attached hydrogens (primary N) is 2. The number of anilines is 2. The number of carbonyl (C=O) groups excluding carboxylic acids is 3. The second-order valence-electron chi connectivity index (χ2n) is 10.4. The minimum Gasteiger partial charge on any atom is -0.759 e. The van der Waals surface area contributed by atoms with Crippen molar-refractivity contribution in [3.8, 4) is 5.75 Å². The fraction of sp³-hybridized carbons (Fsp3) is 0.435. The highest BCUT2D eigenvalue weighted by atomic mass is 32.3. The van der Waals surface area contributed by atoms with Gasteiger partial charge in [0.25, 0.3) is 5.91 Å². The van der Waals surface area contributed by atoms with Crippen LogP contribution in [0.25, 0.3) is 5.76 Å². The van der Waals surface area contributed by atoms with Crippen LogP contribution in [-0.2, 0) is 41.6 Å². The van der Waals surface area contributed by atoms with Crippen LogP contribution in [0.2, 0.25) is 0 Å². The Morgan fingerprint density at radius 2 is 1.48 bits per heavy atom. The molecule has 246 valence electrons. The van der Waals surface area contributed by atoms with Gasteiger partial charge >= 0.3 is 0 Å². The van der Waals surface area contributed by atoms with Crippen molar-refractivity contribution in [3.05, 3.63) is 34.1 Å². The Kier molecular flexibility index (Phi) is 10.1. The number of aromatic hydroxyl groups is 1. The monoisotopic (exact) mass is 664 g/mol. The van der Waals surface area contributed by atoms with E-state index in [0.717, 1.165) is 0 Å². The second kappa shape index (κ2) is 12.3. The number of hydrogen-bond acceptors (Lipinski definition) is 18. The lowest BCUT2D eigenvalue weighted by Gasteiger charge is -2.50. The number of fused-ring (bicyclic) bond motifs is 3. The first-order valence-electron chi connectivity index (χ1n) is 12.0. The third-order valence-corrected chi connectivity index (χ3v) is 7.21. The van der Waals surface area contributed by atoms with Gasteiger partial charge in [0, 0.05) is 52.1 Å². The Bertz CT molecular complexity index is 1640. The second-order valence-corrected chi connectivity index (χ2v) is 12.0. The first-order chi connectivity index (χ1) is 19.7. The zero-order valence-electron chi connectivity index (χ0n) is 23.4. The normalized spacial score (nSPS) is 24.7. The minimum absolute atomic E-state index is 0.0115. The fourth-order valence-electron chi connectivity index (χ4n) is 5.71. The number of carbonyl (C=O) groups is 3. The summed E-state index contributed by atoms with van der Waals surface area (Å²) in [7, 11) is -3.69. The SMILES string of the molecule is CN(C)c1cc(N)c(O)c2c1C[C@H]1C[C@H]3[C@H](N(C)C)C(=O)C(C(N)=O)=C(O)[C@@]3(O)C(=O)C1=C2O.O=S(=O)([O-])[O-].O=S(=O)([O-])[O-]. The van der Waals surface area contributed by atoms with E-state index in [1.165, 1.54) is 4.90 Å². The molecule has 0 heterocycles. The molecule has 0 unspecified atom stereocenters. The summed E-state index contributed by atoms with van der Waals surface area (Å²) < 4.78 is 68.2. The maximum absolute atomic E-state index is 13.7. The lowest BCUT2D eigenvalue weighted by molar-refractivity contribution is -0.153. The Balaban J connectivity index is 0.000000586. The number of rotatable bonds is 3. The van der Waals surface area contributed by atoms with Gasteiger partial charge in [0.15, 0.2) is 11.4 Å². The molecule has 4 rings (SSSR count). The summed E-state index contributed by atoms with van der Waals surface area (Å²) in [6.07, 6.45) is 0.236. The standard InChI is InChI=1S/C23H28N4O7.2H2O4S/c1-26(2)12-7-11(24)17(28)14-9(12)5-8-6-10-16(27(3)4)19(30)15(22(25)33)21(32)23(10,34)20(31)13(8)18(14)29;2*1-5(2,3)4/h7-8,10,16,28-29,32,34H,5-6,24H2,1-4H3,(H2,25,33);2*(H2,1,2,3,4)/p-4/t8-,10-,16-,23-;;/m0../s1. The number of phenolic OH excluding ortho intramolecular Hbond substituents is 1. The molecule has 0 bridgehead atoms. The molecule has 0 aliphatic heterocycles. The number of benzene rings is 1. The molecule has 1 aromatic rings. The zero-order valence-corrected chi connectivity index (χ0v) is 25.0. The lowest BCUT2D eigenvalue weighted by Crippen LogP contribution is -2.65. The van der Waals surface area contributed by atoms with Gasteiger partial charge in [-0.25, -0.2) is 0 Å². The van der Waals surface area contributed by atoms with Gasteiger partial charge in [-0.05, 0) is 44.5 Å². The third kappa shape index (κ3) is 7.10. The molecule has 3 aliphatic carbocycles. The van der Waals surface area contributed by atoms with Crippen LogP contribution >= 0.6 is 0 Å². The van der Waals surface area contributed by atoms with Crippen LogP contribution in [0, 0.1) is 11.8 Å². The first kappa shape index (κ1) is 36.4. The van der Waals surface area contributed by atoms with Crippen molar-refractivity contribution in [2.45, 2.75) is 24.5 Å². The number of nitrogen functional groups attached to an aromatic ring is 1. The van der Waals surface area contributed by atoms with Crippen LogP contribution in [-0.4, -0.2) is 118 Å². The van der Waals surface area contributed by atoms with Crippen LogP contribution in [0.3, 0.4) is 0 Å². The summed E-state index contributed by atoms with van der Waals surface area (Å²) in [6.45, 7) is 0. The topological polar surface area (TPSA) is 351 Å². The fourth-order valence-corrected chi connectivity index (χ4v) is 5.71. The van der Waals surface area contributed by atoms with Crippen molar-refractivity contribution in [2.24, 2.45) is 17.6 Å². The zero-order chi connectivity index (χ0) is 34.4. The first-order valence-corrected chi connectivity index (χ1v) is 14.7. The van der Waals surface area contributed by atoms with Crippen molar-refractivity contribution < 1.29 is 69.9 Å². The number of nitrogens with zero attached hydrogens (tertiary/aromatic N) is 2. The number of ketones is 2. The number of hydrogen-bond donors (Lipinski definition) is 6. The van der Waals surface area contributed by atoms with Crippen LogP contribution in [0.5, 0.6) is 5.75 Å². The van der Waals surface area contributed by atoms with E-state index in [1.54, 1.807) is 39.2 Å². The molecule has 21 heteroatoms. The molecule has 0 spiro atoms. The summed E-state index contributed by atoms with van der Waals surface area (Å²) in [5.74, 6) is -6.95. The average molecular weight is 665 g/mol. The van der Waals surface area contributed by atoms with E-state index < -0.39 is 84.6 Å². The maximum Gasteiger partial charge on any atom is 0.255 e. The minimum atomic E-state index is -5.17. The summed E-state index contributed by atoms with van der Waals surface area (Å²) in [6, 6.07) is 0.444. The van der Waals surface area contributed by atoms with Gasteiger partial charge in [-0.2, -0.15) is 0 Å². The number of primary amides is 1. The van der Waals surface area contributed by atoms with Crippen LogP contribution in [0.1, 0.15) is 17.5 Å². The Hall–Kier alpha value is -3.83. The Labute approximate surface area is 250 Å². The van der Waals surface area contributed by atoms with Crippen molar-refractivity contribution in [1.82, 2.24) is 4.90 Å². The molecule has 0 radical (unpaired) electrons. The van der Waals surface area contributed by atoms with Crippen molar-refractivity contribution in [3.63, 3.8) is 0 Å². The van der Waals surface area contributed by atoms with Crippen LogP contribution < -0.4 is 16.4 Å². The quantitative estimate of drug-likeness (QED) is 0.0613. The molecule has 3 aliphatic rings. The molecular formula is C23H28N4O15S2-4. The number of Topliss-reactive ketones (excluding diaryl/α,β-unsaturated/α-hetero) is 2. The van der Waals surface area contributed by atoms with E-state index in [1.807, 2.05) is 0 Å². The van der Waals surface area contributed by atoms with E-state index in [9.17, 15) is 34.8 Å². The van der Waals surface area contributed by atoms with Crippen molar-refractivity contribution in [2.75, 3.05) is 38.8 Å². The molecule has 1 fully saturated rings. The average Bonchev–Trinajstić information content (AvgIpc) is 2.81. The van der Waals surface area contributed by atoms with Gasteiger partial charge in [0.05, 0.1) is 17.3 Å². The smallest absolute Gasteiger partial charge is 0.255 e. The van der Waals surface area contributed by atoms with Gasteiger partial charge in [0.1, 0.15) is 22.8 Å². The molecule has 1 aromatic carbocycles. The van der Waals surface area contributed by atoms with E-state index >= 15 is 0 Å². The number of aliphatic hydroxyl groups is 3. The molecule has 19 nitrogen and oxygen atoms in total. The van der Waals surface area contributed by atoms with Gasteiger partial charge < -0.3 is 55.0 Å². The van der Waals surface area contributed by atoms with Gasteiger partial charge in [0.2, 0.25) is 5.78 Å². The number of phenols is 1. The maximum atomic E-state index is 13.7. The largest absolute Gasteiger partial charge is 0.759 e. The third-order valence-electron chi connectivity index (χ3n) is 7.21. The molecule has 44 heavy (non-hydrogen) atoms. The number of likely N-dealkylation sites (N-methyl/N-ethyl adjacent to an activating group) is 1. The van der Waals surface area contributed by atoms with Crippen molar-refractivity contribution >= 4 is 55.4 Å². The van der Waals surface area contributed by atoms with Crippen molar-refractivity contribution in [1.29, 1.82) is 0 Å². The summed E-state index contributed by atoms with van der Waals surface area (Å²) in [5.41, 5.74) is 8.68. The molecule has 4 atom stereocenters. The lowest BCUT2D eigenvalue weighted by atomic mass is 9.57. The number of aliphatic hydroxyl groups excluding tert-OH is 2. The predicted molar refractivity (Wildman–Crippen MR) is 144 cm³/mol. The Morgan fingerprint density at radius 1 is 1.00 bits per heavy atom. The highest BCUT2D eigenvalue weighted by molar-refractivity contribution is 7.79. The van der Waals surface area contributed by atoms with E-state index in [2.05, 4.69) is 0 Å². The van der Waals surface area contributed by atoms with Crippen LogP contribution in [0.15, 0.2) is 23.0 Å². The summed E-state index contributed by atoms with van der Waals surface area (Å²) in [5, 5.41) is 44.2. The van der Waals surface area contributed by atoms with Gasteiger partial charge in [-0.1, -0.05) is 0 Å². The predicted octanol–water partition coefficient (Wildman–Crippen LogP) is -3.06. The molecule has 1 saturated carbocycles. The summed E-state index contributed by atoms with van der Waals surface area (Å²) in [4.78, 5) is 42.0. The van der Waals surface area contributed by atoms with Gasteiger partial charge in [-0.3, -0.25) is 36.1 Å². The highest BCUT2D eigenvalue weighted by Gasteiger charge is 2.64. The van der Waals surface area contributed by atoms with E-state index in [0.29, 0.717) is 11.3 Å². The highest BCUT2D eigenvalue weighted by Crippen LogP contribution is 2.54. The van der Waals surface area contributed by atoms with E-state index in [4.69, 9.17) is 46.5 Å². The molecular weight excluding hydrogens is 636 g/mol. The molecule has 1 amide bonds. The molecule has 8 N–H and O–H groups in total. The number of amides is 1. The molecule has 0 saturated heterocycles. The van der Waals surface area contributed by atoms with Gasteiger partial charge in [-0.15, -0.1) is 0 Å².